The molecule has 1 aromatic rings. The molecule has 0 spiro atoms. The lowest BCUT2D eigenvalue weighted by molar-refractivity contribution is -0.118. The second-order valence-corrected chi connectivity index (χ2v) is 12.6. The molecule has 5 atom stereocenters. The molecule has 1 heterocycles. The molecule has 34 heavy (non-hydrogen) atoms. The molecule has 5 heteroatoms. The minimum absolute atomic E-state index is 0.0670. The lowest BCUT2D eigenvalue weighted by Crippen LogP contribution is -2.59. The number of amides is 2. The van der Waals surface area contributed by atoms with Gasteiger partial charge < -0.3 is 5.32 Å². The lowest BCUT2D eigenvalue weighted by atomic mass is 9.50. The number of nitrogens with one attached hydrogen (secondary N) is 1. The van der Waals surface area contributed by atoms with Gasteiger partial charge in [0, 0.05) is 40.3 Å². The van der Waals surface area contributed by atoms with Gasteiger partial charge in [0.25, 0.3) is 0 Å². The number of piperidine rings is 1. The van der Waals surface area contributed by atoms with E-state index in [1.807, 2.05) is 11.0 Å². The lowest BCUT2D eigenvalue weighted by Gasteiger charge is -2.59. The number of hydrogen-bond acceptors (Lipinski definition) is 2. The molecular formula is C29H39BrN2O2. The number of carbonyl (C=O) groups excluding carboxylic acids is 2. The SMILES string of the molecule is CCc1cc(Br)cc(CC)c1NC(=O)N1C[C@H]2[C@@H]3CCC[C@@]3(C)CC[C@@H]2[C@@]2(C)CCC(=O)C=C12. The van der Waals surface area contributed by atoms with E-state index in [1.54, 1.807) is 0 Å². The van der Waals surface area contributed by atoms with Crippen LogP contribution >= 0.6 is 15.9 Å². The minimum atomic E-state index is -0.0982. The van der Waals surface area contributed by atoms with Crippen LogP contribution in [0.4, 0.5) is 10.5 Å². The molecule has 3 fully saturated rings. The molecule has 2 amide bonds. The Morgan fingerprint density at radius 3 is 2.47 bits per heavy atom. The molecule has 5 rings (SSSR count). The fourth-order valence-electron chi connectivity index (χ4n) is 8.11. The van der Waals surface area contributed by atoms with Crippen molar-refractivity contribution in [2.75, 3.05) is 11.9 Å². The molecule has 0 aromatic heterocycles. The van der Waals surface area contributed by atoms with Gasteiger partial charge in [0.2, 0.25) is 0 Å². The van der Waals surface area contributed by atoms with Crippen molar-refractivity contribution in [3.8, 4) is 0 Å². The summed E-state index contributed by atoms with van der Waals surface area (Å²) in [5.41, 5.74) is 4.52. The van der Waals surface area contributed by atoms with Crippen LogP contribution in [-0.2, 0) is 17.6 Å². The third-order valence-corrected chi connectivity index (χ3v) is 10.5. The van der Waals surface area contributed by atoms with Crippen molar-refractivity contribution in [1.82, 2.24) is 4.90 Å². The topological polar surface area (TPSA) is 49.4 Å². The first-order valence-electron chi connectivity index (χ1n) is 13.3. The number of aryl methyl sites for hydroxylation is 2. The highest BCUT2D eigenvalue weighted by Crippen LogP contribution is 2.64. The zero-order chi connectivity index (χ0) is 24.3. The summed E-state index contributed by atoms with van der Waals surface area (Å²) in [7, 11) is 0. The van der Waals surface area contributed by atoms with E-state index < -0.39 is 0 Å². The number of fused-ring (bicyclic) bond motifs is 5. The summed E-state index contributed by atoms with van der Waals surface area (Å²) in [5.74, 6) is 1.93. The van der Waals surface area contributed by atoms with Crippen LogP contribution in [0.25, 0.3) is 0 Å². The monoisotopic (exact) mass is 526 g/mol. The molecule has 1 aromatic carbocycles. The Morgan fingerprint density at radius 1 is 1.09 bits per heavy atom. The third-order valence-electron chi connectivity index (χ3n) is 10.00. The second-order valence-electron chi connectivity index (χ2n) is 11.7. The van der Waals surface area contributed by atoms with Gasteiger partial charge in [-0.3, -0.25) is 9.69 Å². The first kappa shape index (κ1) is 24.1. The summed E-state index contributed by atoms with van der Waals surface area (Å²) < 4.78 is 1.05. The molecule has 0 bridgehead atoms. The number of allylic oxidation sites excluding steroid dienone is 2. The van der Waals surface area contributed by atoms with Crippen molar-refractivity contribution in [2.45, 2.75) is 85.5 Å². The number of ketones is 1. The Labute approximate surface area is 213 Å². The van der Waals surface area contributed by atoms with Crippen LogP contribution in [0.3, 0.4) is 0 Å². The molecule has 1 saturated heterocycles. The van der Waals surface area contributed by atoms with Gasteiger partial charge >= 0.3 is 6.03 Å². The second kappa shape index (κ2) is 8.80. The number of likely N-dealkylation sites (tertiary alicyclic amines) is 1. The Kier molecular flexibility index (Phi) is 6.23. The predicted octanol–water partition coefficient (Wildman–Crippen LogP) is 7.51. The Balaban J connectivity index is 1.53. The Hall–Kier alpha value is -1.62. The average Bonchev–Trinajstić information content (AvgIpc) is 3.21. The maximum Gasteiger partial charge on any atom is 0.326 e. The number of carbonyl (C=O) groups is 2. The van der Waals surface area contributed by atoms with E-state index in [2.05, 4.69) is 61.1 Å². The Morgan fingerprint density at radius 2 is 1.79 bits per heavy atom. The molecule has 184 valence electrons. The summed E-state index contributed by atoms with van der Waals surface area (Å²) in [6, 6.07) is 4.15. The molecule has 4 nitrogen and oxygen atoms in total. The fourth-order valence-corrected chi connectivity index (χ4v) is 8.66. The third kappa shape index (κ3) is 3.77. The largest absolute Gasteiger partial charge is 0.326 e. The van der Waals surface area contributed by atoms with E-state index in [-0.39, 0.29) is 17.2 Å². The summed E-state index contributed by atoms with van der Waals surface area (Å²) in [6.45, 7) is 9.83. The quantitative estimate of drug-likeness (QED) is 0.442. The van der Waals surface area contributed by atoms with Gasteiger partial charge in [-0.25, -0.2) is 4.79 Å². The number of hydrogen-bond donors (Lipinski definition) is 1. The number of rotatable bonds is 3. The molecular weight excluding hydrogens is 488 g/mol. The average molecular weight is 528 g/mol. The van der Waals surface area contributed by atoms with Gasteiger partial charge in [0.05, 0.1) is 0 Å². The fraction of sp³-hybridized carbons (Fsp3) is 0.655. The van der Waals surface area contributed by atoms with Crippen LogP contribution < -0.4 is 5.32 Å². The maximum atomic E-state index is 14.0. The van der Waals surface area contributed by atoms with E-state index in [1.165, 1.54) is 32.1 Å². The highest BCUT2D eigenvalue weighted by molar-refractivity contribution is 9.10. The highest BCUT2D eigenvalue weighted by atomic mass is 79.9. The van der Waals surface area contributed by atoms with E-state index in [4.69, 9.17) is 0 Å². The van der Waals surface area contributed by atoms with Crippen molar-refractivity contribution in [1.29, 1.82) is 0 Å². The van der Waals surface area contributed by atoms with Crippen LogP contribution in [-0.4, -0.2) is 23.3 Å². The zero-order valence-corrected chi connectivity index (χ0v) is 22.8. The molecule has 2 saturated carbocycles. The van der Waals surface area contributed by atoms with Crippen LogP contribution in [0.5, 0.6) is 0 Å². The summed E-state index contributed by atoms with van der Waals surface area (Å²) in [6.07, 6.45) is 11.4. The summed E-state index contributed by atoms with van der Waals surface area (Å²) in [4.78, 5) is 28.5. The number of benzene rings is 1. The molecule has 1 N–H and O–H groups in total. The maximum absolute atomic E-state index is 14.0. The van der Waals surface area contributed by atoms with Crippen LogP contribution in [0.2, 0.25) is 0 Å². The summed E-state index contributed by atoms with van der Waals surface area (Å²) in [5, 5.41) is 3.32. The van der Waals surface area contributed by atoms with Crippen LogP contribution in [0, 0.1) is 28.6 Å². The van der Waals surface area contributed by atoms with E-state index >= 15 is 0 Å². The van der Waals surface area contributed by atoms with Crippen molar-refractivity contribution in [3.63, 3.8) is 0 Å². The summed E-state index contributed by atoms with van der Waals surface area (Å²) >= 11 is 3.63. The number of urea groups is 1. The van der Waals surface area contributed by atoms with Crippen LogP contribution in [0.1, 0.15) is 83.8 Å². The van der Waals surface area contributed by atoms with Crippen molar-refractivity contribution in [2.24, 2.45) is 28.6 Å². The molecule has 1 aliphatic heterocycles. The van der Waals surface area contributed by atoms with E-state index in [0.717, 1.165) is 52.8 Å². The van der Waals surface area contributed by atoms with Crippen molar-refractivity contribution in [3.05, 3.63) is 39.5 Å². The standard InChI is InChI=1S/C29H39BrN2O2/c1-5-18-14-20(30)15-19(6-2)26(18)31-27(34)32-17-22-23-8-7-11-28(23,3)12-10-24(22)29(4)13-9-21(33)16-25(29)32/h14-16,22-24H,5-13,17H2,1-4H3,(H,31,34)/t22-,23-,24-,28-,29+/m0/s1. The highest BCUT2D eigenvalue weighted by Gasteiger charge is 2.58. The van der Waals surface area contributed by atoms with Gasteiger partial charge in [-0.05, 0) is 91.4 Å². The van der Waals surface area contributed by atoms with Gasteiger partial charge in [-0.1, -0.05) is 50.0 Å². The van der Waals surface area contributed by atoms with Gasteiger partial charge in [-0.2, -0.15) is 0 Å². The normalized spacial score (nSPS) is 34.7. The number of anilines is 1. The van der Waals surface area contributed by atoms with Crippen molar-refractivity contribution < 1.29 is 9.59 Å². The Bertz CT molecular complexity index is 1020. The first-order chi connectivity index (χ1) is 16.2. The van der Waals surface area contributed by atoms with E-state index in [9.17, 15) is 9.59 Å². The van der Waals surface area contributed by atoms with E-state index in [0.29, 0.717) is 29.6 Å². The molecule has 4 aliphatic rings. The number of halogens is 1. The first-order valence-corrected chi connectivity index (χ1v) is 14.1. The number of nitrogens with zero attached hydrogens (tertiary/aromatic N) is 1. The molecule has 0 unspecified atom stereocenters. The predicted molar refractivity (Wildman–Crippen MR) is 141 cm³/mol. The minimum Gasteiger partial charge on any atom is -0.307 e. The van der Waals surface area contributed by atoms with Crippen molar-refractivity contribution >= 4 is 33.4 Å². The van der Waals surface area contributed by atoms with Gasteiger partial charge in [0.1, 0.15) is 0 Å². The zero-order valence-electron chi connectivity index (χ0n) is 21.2. The van der Waals surface area contributed by atoms with Gasteiger partial charge in [0.15, 0.2) is 5.78 Å². The molecule has 0 radical (unpaired) electrons. The van der Waals surface area contributed by atoms with Gasteiger partial charge in [-0.15, -0.1) is 0 Å². The molecule has 3 aliphatic carbocycles. The smallest absolute Gasteiger partial charge is 0.307 e. The van der Waals surface area contributed by atoms with Crippen LogP contribution in [0.15, 0.2) is 28.4 Å².